The first-order valence-electron chi connectivity index (χ1n) is 9.31. The number of aromatic amines is 1. The van der Waals surface area contributed by atoms with Crippen LogP contribution in [0, 0.1) is 23.0 Å². The van der Waals surface area contributed by atoms with E-state index in [-0.39, 0.29) is 11.6 Å². The van der Waals surface area contributed by atoms with Gasteiger partial charge in [-0.1, -0.05) is 18.2 Å². The standard InChI is InChI=1S/C22H21F2N3/c23-16-7-8-21-18(12-16)19-14-27(11-9-22(19)26-21)10-3-4-15(13-25)17-5-1-2-6-20(17)24/h1-2,5-8,12,15,26H,3-4,9-11,14H2. The van der Waals surface area contributed by atoms with Gasteiger partial charge in [-0.2, -0.15) is 5.26 Å². The van der Waals surface area contributed by atoms with Gasteiger partial charge in [0.2, 0.25) is 0 Å². The van der Waals surface area contributed by atoms with Gasteiger partial charge < -0.3 is 4.98 Å². The lowest BCUT2D eigenvalue weighted by molar-refractivity contribution is 0.248. The second-order valence-electron chi connectivity index (χ2n) is 7.14. The van der Waals surface area contributed by atoms with E-state index in [0.29, 0.717) is 12.0 Å². The molecule has 0 saturated carbocycles. The molecular weight excluding hydrogens is 344 g/mol. The van der Waals surface area contributed by atoms with Gasteiger partial charge in [0.1, 0.15) is 11.6 Å². The highest BCUT2D eigenvalue weighted by atomic mass is 19.1. The molecule has 0 radical (unpaired) electrons. The number of nitrogens with one attached hydrogen (secondary N) is 1. The second-order valence-corrected chi connectivity index (χ2v) is 7.14. The number of fused-ring (bicyclic) bond motifs is 3. The molecule has 0 saturated heterocycles. The SMILES string of the molecule is N#CC(CCCN1CCc2[nH]c3ccc(F)cc3c2C1)c1ccccc1F. The van der Waals surface area contributed by atoms with E-state index in [1.807, 2.05) is 0 Å². The first kappa shape index (κ1) is 17.7. The summed E-state index contributed by atoms with van der Waals surface area (Å²) < 4.78 is 27.5. The molecule has 5 heteroatoms. The van der Waals surface area contributed by atoms with Crippen molar-refractivity contribution in [2.24, 2.45) is 0 Å². The summed E-state index contributed by atoms with van der Waals surface area (Å²) in [5, 5.41) is 10.4. The molecule has 0 bridgehead atoms. The molecule has 4 rings (SSSR count). The van der Waals surface area contributed by atoms with Gasteiger partial charge >= 0.3 is 0 Å². The van der Waals surface area contributed by atoms with Gasteiger partial charge in [0.25, 0.3) is 0 Å². The van der Waals surface area contributed by atoms with E-state index >= 15 is 0 Å². The Morgan fingerprint density at radius 2 is 2.04 bits per heavy atom. The van der Waals surface area contributed by atoms with Crippen molar-refractivity contribution in [3.8, 4) is 6.07 Å². The molecule has 2 aromatic carbocycles. The summed E-state index contributed by atoms with van der Waals surface area (Å²) >= 11 is 0. The highest BCUT2D eigenvalue weighted by Crippen LogP contribution is 2.29. The van der Waals surface area contributed by atoms with Crippen LogP contribution >= 0.6 is 0 Å². The average molecular weight is 365 g/mol. The number of rotatable bonds is 5. The van der Waals surface area contributed by atoms with Crippen molar-refractivity contribution in [3.05, 3.63) is 70.9 Å². The predicted octanol–water partition coefficient (Wildman–Crippen LogP) is 4.89. The molecule has 1 unspecified atom stereocenters. The van der Waals surface area contributed by atoms with Crippen LogP contribution in [-0.4, -0.2) is 23.0 Å². The predicted molar refractivity (Wildman–Crippen MR) is 101 cm³/mol. The van der Waals surface area contributed by atoms with Crippen molar-refractivity contribution in [2.75, 3.05) is 13.1 Å². The lowest BCUT2D eigenvalue weighted by atomic mass is 9.95. The number of H-pyrrole nitrogens is 1. The molecule has 3 nitrogen and oxygen atoms in total. The molecule has 0 fully saturated rings. The van der Waals surface area contributed by atoms with Gasteiger partial charge in [0.05, 0.1) is 12.0 Å². The van der Waals surface area contributed by atoms with Crippen LogP contribution in [-0.2, 0) is 13.0 Å². The Bertz CT molecular complexity index is 1000. The van der Waals surface area contributed by atoms with Crippen LogP contribution in [0.2, 0.25) is 0 Å². The maximum absolute atomic E-state index is 13.9. The zero-order valence-corrected chi connectivity index (χ0v) is 15.0. The fraction of sp³-hybridized carbons (Fsp3) is 0.318. The molecule has 0 aliphatic carbocycles. The second kappa shape index (κ2) is 7.50. The van der Waals surface area contributed by atoms with Crippen LogP contribution in [0.25, 0.3) is 10.9 Å². The number of halogens is 2. The van der Waals surface area contributed by atoms with Crippen LogP contribution in [0.15, 0.2) is 42.5 Å². The fourth-order valence-corrected chi connectivity index (χ4v) is 4.00. The highest BCUT2D eigenvalue weighted by Gasteiger charge is 2.21. The van der Waals surface area contributed by atoms with Crippen LogP contribution in [0.1, 0.15) is 35.6 Å². The van der Waals surface area contributed by atoms with Crippen molar-refractivity contribution >= 4 is 10.9 Å². The zero-order chi connectivity index (χ0) is 18.8. The Labute approximate surface area is 157 Å². The molecule has 138 valence electrons. The summed E-state index contributed by atoms with van der Waals surface area (Å²) in [6.07, 6.45) is 2.35. The first-order valence-corrected chi connectivity index (χ1v) is 9.31. The Balaban J connectivity index is 1.40. The highest BCUT2D eigenvalue weighted by molar-refractivity contribution is 5.84. The molecule has 1 aliphatic heterocycles. The van der Waals surface area contributed by atoms with E-state index in [1.165, 1.54) is 23.4 Å². The number of nitrogens with zero attached hydrogens (tertiary/aromatic N) is 2. The van der Waals surface area contributed by atoms with Gasteiger partial charge in [-0.3, -0.25) is 4.90 Å². The van der Waals surface area contributed by atoms with Gasteiger partial charge in [-0.25, -0.2) is 8.78 Å². The third-order valence-corrected chi connectivity index (χ3v) is 5.42. The van der Waals surface area contributed by atoms with Crippen molar-refractivity contribution in [2.45, 2.75) is 31.7 Å². The summed E-state index contributed by atoms with van der Waals surface area (Å²) in [4.78, 5) is 5.73. The quantitative estimate of drug-likeness (QED) is 0.699. The van der Waals surface area contributed by atoms with Gasteiger partial charge in [0, 0.05) is 41.7 Å². The van der Waals surface area contributed by atoms with Gasteiger partial charge in [0.15, 0.2) is 0 Å². The van der Waals surface area contributed by atoms with Crippen LogP contribution < -0.4 is 0 Å². The lowest BCUT2D eigenvalue weighted by Crippen LogP contribution is -2.31. The molecule has 0 amide bonds. The van der Waals surface area contributed by atoms with E-state index in [0.717, 1.165) is 43.4 Å². The largest absolute Gasteiger partial charge is 0.358 e. The Hall–Kier alpha value is -2.71. The van der Waals surface area contributed by atoms with Crippen molar-refractivity contribution in [1.29, 1.82) is 5.26 Å². The third kappa shape index (κ3) is 3.58. The summed E-state index contributed by atoms with van der Waals surface area (Å²) in [5.41, 5.74) is 3.81. The maximum Gasteiger partial charge on any atom is 0.127 e. The Morgan fingerprint density at radius 3 is 2.85 bits per heavy atom. The van der Waals surface area contributed by atoms with Crippen molar-refractivity contribution < 1.29 is 8.78 Å². The van der Waals surface area contributed by atoms with E-state index in [1.54, 1.807) is 30.3 Å². The Morgan fingerprint density at radius 1 is 1.19 bits per heavy atom. The normalized spacial score (nSPS) is 15.4. The van der Waals surface area contributed by atoms with E-state index in [4.69, 9.17) is 0 Å². The number of nitriles is 1. The van der Waals surface area contributed by atoms with Gasteiger partial charge in [-0.15, -0.1) is 0 Å². The van der Waals surface area contributed by atoms with Crippen molar-refractivity contribution in [1.82, 2.24) is 9.88 Å². The Kier molecular flexibility index (Phi) is 4.91. The average Bonchev–Trinajstić information content (AvgIpc) is 3.03. The summed E-state index contributed by atoms with van der Waals surface area (Å²) in [6, 6.07) is 13.6. The monoisotopic (exact) mass is 365 g/mol. The van der Waals surface area contributed by atoms with E-state index < -0.39 is 5.92 Å². The van der Waals surface area contributed by atoms with Crippen molar-refractivity contribution in [3.63, 3.8) is 0 Å². The number of hydrogen-bond acceptors (Lipinski definition) is 2. The molecule has 1 aliphatic rings. The molecule has 2 heterocycles. The molecule has 0 spiro atoms. The minimum absolute atomic E-state index is 0.219. The molecule has 1 N–H and O–H groups in total. The summed E-state index contributed by atoms with van der Waals surface area (Å²) in [5.74, 6) is -0.954. The molecule has 3 aromatic rings. The molecule has 1 atom stereocenters. The van der Waals surface area contributed by atoms with Gasteiger partial charge in [-0.05, 0) is 49.2 Å². The fourth-order valence-electron chi connectivity index (χ4n) is 4.00. The maximum atomic E-state index is 13.9. The number of benzene rings is 2. The van der Waals surface area contributed by atoms with E-state index in [2.05, 4.69) is 16.0 Å². The molecule has 27 heavy (non-hydrogen) atoms. The topological polar surface area (TPSA) is 42.8 Å². The summed E-state index contributed by atoms with van der Waals surface area (Å²) in [6.45, 7) is 2.54. The number of hydrogen-bond donors (Lipinski definition) is 1. The van der Waals surface area contributed by atoms with Crippen LogP contribution in [0.3, 0.4) is 0 Å². The minimum Gasteiger partial charge on any atom is -0.358 e. The van der Waals surface area contributed by atoms with Crippen LogP contribution in [0.4, 0.5) is 8.78 Å². The molecular formula is C22H21F2N3. The first-order chi connectivity index (χ1) is 13.2. The smallest absolute Gasteiger partial charge is 0.127 e. The lowest BCUT2D eigenvalue weighted by Gasteiger charge is -2.27. The number of aromatic nitrogens is 1. The van der Waals surface area contributed by atoms with E-state index in [9.17, 15) is 14.0 Å². The summed E-state index contributed by atoms with van der Waals surface area (Å²) in [7, 11) is 0. The molecule has 1 aromatic heterocycles. The third-order valence-electron chi connectivity index (χ3n) is 5.42. The zero-order valence-electron chi connectivity index (χ0n) is 15.0. The van der Waals surface area contributed by atoms with Crippen LogP contribution in [0.5, 0.6) is 0 Å². The minimum atomic E-state index is -0.422.